The molecule has 3 rings (SSSR count). The maximum atomic E-state index is 12.9. The highest BCUT2D eigenvalue weighted by Crippen LogP contribution is 2.32. The van der Waals surface area contributed by atoms with Crippen LogP contribution >= 0.6 is 0 Å². The zero-order chi connectivity index (χ0) is 15.9. The van der Waals surface area contributed by atoms with Gasteiger partial charge in [0.25, 0.3) is 5.56 Å². The van der Waals surface area contributed by atoms with E-state index in [4.69, 9.17) is 5.73 Å². The topological polar surface area (TPSA) is 60.4 Å². The van der Waals surface area contributed by atoms with Crippen LogP contribution in [0.4, 0.5) is 19.1 Å². The van der Waals surface area contributed by atoms with E-state index in [9.17, 15) is 18.0 Å². The summed E-state index contributed by atoms with van der Waals surface area (Å²) in [5, 5.41) is 0. The predicted molar refractivity (Wildman–Crippen MR) is 76.3 cm³/mol. The molecule has 0 amide bonds. The molecule has 2 N–H and O–H groups in total. The Morgan fingerprint density at radius 1 is 1.09 bits per heavy atom. The second-order valence-corrected chi connectivity index (χ2v) is 4.68. The van der Waals surface area contributed by atoms with E-state index in [1.807, 2.05) is 0 Å². The standard InChI is InChI=1S/C15H10F3N3O/c16-15(17,18)10-6-7-21-11(8-10)12(13(22)20-14(21)19)9-4-2-1-3-5-9/h1-8H,(H2,19,20,22). The number of anilines is 1. The van der Waals surface area contributed by atoms with Crippen LogP contribution in [0.15, 0.2) is 53.5 Å². The fraction of sp³-hybridized carbons (Fsp3) is 0.0667. The third-order valence-electron chi connectivity index (χ3n) is 3.28. The van der Waals surface area contributed by atoms with Gasteiger partial charge in [0.1, 0.15) is 0 Å². The van der Waals surface area contributed by atoms with E-state index in [0.29, 0.717) is 5.56 Å². The highest BCUT2D eigenvalue weighted by atomic mass is 19.4. The monoisotopic (exact) mass is 305 g/mol. The Bertz CT molecular complexity index is 902. The number of halogens is 3. The number of alkyl halides is 3. The molecule has 0 bridgehead atoms. The first-order chi connectivity index (χ1) is 10.4. The van der Waals surface area contributed by atoms with Gasteiger partial charge in [-0.15, -0.1) is 0 Å². The van der Waals surface area contributed by atoms with Crippen LogP contribution in [0.2, 0.25) is 0 Å². The van der Waals surface area contributed by atoms with Crippen molar-refractivity contribution in [1.29, 1.82) is 0 Å². The van der Waals surface area contributed by atoms with Crippen LogP contribution in [0.3, 0.4) is 0 Å². The number of pyridine rings is 1. The number of aromatic nitrogens is 2. The third kappa shape index (κ3) is 2.30. The predicted octanol–water partition coefficient (Wildman–Crippen LogP) is 2.96. The van der Waals surface area contributed by atoms with Crippen LogP contribution in [0, 0.1) is 0 Å². The molecule has 0 aliphatic rings. The number of fused-ring (bicyclic) bond motifs is 1. The molecular formula is C15H10F3N3O. The van der Waals surface area contributed by atoms with E-state index in [2.05, 4.69) is 4.98 Å². The molecule has 0 radical (unpaired) electrons. The fourth-order valence-electron chi connectivity index (χ4n) is 2.27. The van der Waals surface area contributed by atoms with Gasteiger partial charge < -0.3 is 5.73 Å². The van der Waals surface area contributed by atoms with Crippen molar-refractivity contribution in [3.63, 3.8) is 0 Å². The Balaban J connectivity index is 2.42. The summed E-state index contributed by atoms with van der Waals surface area (Å²) in [5.74, 6) is -0.159. The van der Waals surface area contributed by atoms with E-state index < -0.39 is 17.3 Å². The van der Waals surface area contributed by atoms with E-state index in [0.717, 1.165) is 18.3 Å². The van der Waals surface area contributed by atoms with Gasteiger partial charge in [-0.1, -0.05) is 30.3 Å². The molecule has 1 aromatic carbocycles. The summed E-state index contributed by atoms with van der Waals surface area (Å²) < 4.78 is 40.0. The Labute approximate surface area is 122 Å². The number of rotatable bonds is 1. The van der Waals surface area contributed by atoms with Gasteiger partial charge in [-0.2, -0.15) is 18.2 Å². The van der Waals surface area contributed by atoms with Crippen LogP contribution in [0.25, 0.3) is 16.6 Å². The van der Waals surface area contributed by atoms with Gasteiger partial charge in [-0.05, 0) is 17.7 Å². The second-order valence-electron chi connectivity index (χ2n) is 4.68. The minimum Gasteiger partial charge on any atom is -0.369 e. The summed E-state index contributed by atoms with van der Waals surface area (Å²) in [7, 11) is 0. The molecule has 7 heteroatoms. The molecular weight excluding hydrogens is 295 g/mol. The summed E-state index contributed by atoms with van der Waals surface area (Å²) >= 11 is 0. The molecule has 0 aliphatic heterocycles. The Morgan fingerprint density at radius 3 is 2.41 bits per heavy atom. The van der Waals surface area contributed by atoms with Crippen molar-refractivity contribution < 1.29 is 13.2 Å². The molecule has 0 fully saturated rings. The molecule has 4 nitrogen and oxygen atoms in total. The molecule has 112 valence electrons. The quantitative estimate of drug-likeness (QED) is 0.752. The maximum Gasteiger partial charge on any atom is 0.416 e. The van der Waals surface area contributed by atoms with E-state index in [-0.39, 0.29) is 17.0 Å². The lowest BCUT2D eigenvalue weighted by atomic mass is 10.1. The van der Waals surface area contributed by atoms with Crippen molar-refractivity contribution in [2.24, 2.45) is 0 Å². The molecule has 0 aliphatic carbocycles. The highest BCUT2D eigenvalue weighted by molar-refractivity contribution is 5.80. The minimum atomic E-state index is -4.51. The summed E-state index contributed by atoms with van der Waals surface area (Å²) in [5.41, 5.74) is 4.75. The van der Waals surface area contributed by atoms with Gasteiger partial charge >= 0.3 is 6.18 Å². The molecule has 22 heavy (non-hydrogen) atoms. The van der Waals surface area contributed by atoms with Crippen molar-refractivity contribution in [2.75, 3.05) is 5.73 Å². The lowest BCUT2D eigenvalue weighted by Crippen LogP contribution is -2.17. The van der Waals surface area contributed by atoms with E-state index in [1.165, 1.54) is 4.40 Å². The van der Waals surface area contributed by atoms with Crippen LogP contribution in [0.1, 0.15) is 5.56 Å². The number of hydrogen-bond acceptors (Lipinski definition) is 3. The van der Waals surface area contributed by atoms with Crippen LogP contribution in [-0.4, -0.2) is 9.38 Å². The van der Waals surface area contributed by atoms with Gasteiger partial charge in [0.05, 0.1) is 16.6 Å². The van der Waals surface area contributed by atoms with Crippen LogP contribution in [0.5, 0.6) is 0 Å². The largest absolute Gasteiger partial charge is 0.416 e. The molecule has 0 saturated heterocycles. The van der Waals surface area contributed by atoms with Crippen molar-refractivity contribution in [3.8, 4) is 11.1 Å². The van der Waals surface area contributed by atoms with Crippen molar-refractivity contribution in [3.05, 3.63) is 64.6 Å². The summed E-state index contributed by atoms with van der Waals surface area (Å²) in [4.78, 5) is 15.8. The average Bonchev–Trinajstić information content (AvgIpc) is 2.47. The molecule has 0 unspecified atom stereocenters. The molecule has 0 spiro atoms. The SMILES string of the molecule is Nc1nc(=O)c(-c2ccccc2)c2cc(C(F)(F)F)ccn12. The number of hydrogen-bond donors (Lipinski definition) is 1. The van der Waals surface area contributed by atoms with Crippen molar-refractivity contribution in [2.45, 2.75) is 6.18 Å². The van der Waals surface area contributed by atoms with Gasteiger partial charge in [0.2, 0.25) is 5.95 Å². The molecule has 2 heterocycles. The maximum absolute atomic E-state index is 12.9. The first-order valence-electron chi connectivity index (χ1n) is 6.32. The van der Waals surface area contributed by atoms with E-state index >= 15 is 0 Å². The third-order valence-corrected chi connectivity index (χ3v) is 3.28. The summed E-state index contributed by atoms with van der Waals surface area (Å²) in [6.07, 6.45) is -3.35. The number of nitrogens with two attached hydrogens (primary N) is 1. The van der Waals surface area contributed by atoms with Crippen molar-refractivity contribution >= 4 is 11.5 Å². The lowest BCUT2D eigenvalue weighted by Gasteiger charge is -2.13. The smallest absolute Gasteiger partial charge is 0.369 e. The highest BCUT2D eigenvalue weighted by Gasteiger charge is 2.31. The van der Waals surface area contributed by atoms with Crippen LogP contribution < -0.4 is 11.3 Å². The van der Waals surface area contributed by atoms with Crippen molar-refractivity contribution in [1.82, 2.24) is 9.38 Å². The average molecular weight is 305 g/mol. The minimum absolute atomic E-state index is 0.0681. The number of benzene rings is 1. The second kappa shape index (κ2) is 4.87. The van der Waals surface area contributed by atoms with Gasteiger partial charge in [-0.3, -0.25) is 9.20 Å². The first-order valence-corrected chi connectivity index (χ1v) is 6.32. The van der Waals surface area contributed by atoms with Gasteiger partial charge in [-0.25, -0.2) is 0 Å². The Hall–Kier alpha value is -2.83. The molecule has 0 atom stereocenters. The number of nitrogens with zero attached hydrogens (tertiary/aromatic N) is 2. The fourth-order valence-corrected chi connectivity index (χ4v) is 2.27. The van der Waals surface area contributed by atoms with E-state index in [1.54, 1.807) is 30.3 Å². The number of nitrogen functional groups attached to an aromatic ring is 1. The van der Waals surface area contributed by atoms with Crippen LogP contribution in [-0.2, 0) is 6.18 Å². The Morgan fingerprint density at radius 2 is 1.77 bits per heavy atom. The van der Waals surface area contributed by atoms with Gasteiger partial charge in [0, 0.05) is 6.20 Å². The first kappa shape index (κ1) is 14.1. The zero-order valence-corrected chi connectivity index (χ0v) is 11.1. The van der Waals surface area contributed by atoms with Gasteiger partial charge in [0.15, 0.2) is 0 Å². The normalized spacial score (nSPS) is 11.8. The Kier molecular flexibility index (Phi) is 3.13. The lowest BCUT2D eigenvalue weighted by molar-refractivity contribution is -0.137. The molecule has 0 saturated carbocycles. The zero-order valence-electron chi connectivity index (χ0n) is 11.1. The summed E-state index contributed by atoms with van der Waals surface area (Å²) in [6.45, 7) is 0. The summed E-state index contributed by atoms with van der Waals surface area (Å²) in [6, 6.07) is 10.2. The molecule has 3 aromatic rings. The molecule has 2 aromatic heterocycles.